The molecule has 1 saturated heterocycles. The van der Waals surface area contributed by atoms with Crippen molar-refractivity contribution >= 4 is 5.91 Å². The van der Waals surface area contributed by atoms with Gasteiger partial charge in [-0.05, 0) is 49.1 Å². The minimum Gasteiger partial charge on any atom is -0.341 e. The van der Waals surface area contributed by atoms with Crippen molar-refractivity contribution in [3.63, 3.8) is 0 Å². The van der Waals surface area contributed by atoms with Gasteiger partial charge in [0.15, 0.2) is 0 Å². The van der Waals surface area contributed by atoms with Crippen LogP contribution in [0, 0.1) is 5.92 Å². The molecule has 1 aliphatic heterocycles. The molecule has 6 nitrogen and oxygen atoms in total. The lowest BCUT2D eigenvalue weighted by molar-refractivity contribution is -0.134. The van der Waals surface area contributed by atoms with Crippen molar-refractivity contribution in [1.82, 2.24) is 24.3 Å². The van der Waals surface area contributed by atoms with E-state index in [-0.39, 0.29) is 11.8 Å². The molecule has 1 amide bonds. The maximum Gasteiger partial charge on any atom is 0.227 e. The Morgan fingerprint density at radius 1 is 1.00 bits per heavy atom. The van der Waals surface area contributed by atoms with Crippen LogP contribution in [0.25, 0.3) is 11.1 Å². The van der Waals surface area contributed by atoms with Gasteiger partial charge in [-0.1, -0.05) is 24.3 Å². The summed E-state index contributed by atoms with van der Waals surface area (Å²) in [6.07, 6.45) is 8.26. The third kappa shape index (κ3) is 4.85. The normalized spacial score (nSPS) is 17.7. The van der Waals surface area contributed by atoms with Gasteiger partial charge in [0.1, 0.15) is 5.82 Å². The lowest BCUT2D eigenvalue weighted by Crippen LogP contribution is -2.37. The number of hydrogen-bond acceptors (Lipinski definition) is 4. The molecule has 3 heterocycles. The van der Waals surface area contributed by atoms with Gasteiger partial charge in [-0.3, -0.25) is 14.7 Å². The predicted molar refractivity (Wildman–Crippen MR) is 122 cm³/mol. The van der Waals surface area contributed by atoms with Crippen LogP contribution in [0.3, 0.4) is 0 Å². The maximum atomic E-state index is 13.4. The van der Waals surface area contributed by atoms with Gasteiger partial charge in [0.2, 0.25) is 5.91 Å². The second-order valence-electron chi connectivity index (χ2n) is 8.08. The Morgan fingerprint density at radius 2 is 1.81 bits per heavy atom. The monoisotopic (exact) mass is 417 g/mol. The standard InChI is InChI=1S/C25H31N5O/c1-3-29-14-13-27-24(29)19-28-15-16-30(4-2)25(31)22(18-28)17-21-7-5-6-8-23(21)20-9-11-26-12-10-20/h5-14,22H,3-4,15-19H2,1-2H3/t22-/m0/s1. The minimum absolute atomic E-state index is 0.0736. The molecular formula is C25H31N5O. The summed E-state index contributed by atoms with van der Waals surface area (Å²) in [7, 11) is 0. The highest BCUT2D eigenvalue weighted by molar-refractivity contribution is 5.80. The zero-order valence-electron chi connectivity index (χ0n) is 18.4. The number of rotatable bonds is 7. The van der Waals surface area contributed by atoms with Crippen molar-refractivity contribution in [3.05, 3.63) is 72.6 Å². The number of imidazole rings is 1. The van der Waals surface area contributed by atoms with E-state index in [9.17, 15) is 4.79 Å². The highest BCUT2D eigenvalue weighted by Gasteiger charge is 2.30. The van der Waals surface area contributed by atoms with Crippen LogP contribution < -0.4 is 0 Å². The summed E-state index contributed by atoms with van der Waals surface area (Å²) in [5.74, 6) is 1.25. The zero-order chi connectivity index (χ0) is 21.6. The van der Waals surface area contributed by atoms with E-state index in [4.69, 9.17) is 0 Å². The molecule has 1 aliphatic rings. The molecule has 2 aromatic heterocycles. The van der Waals surface area contributed by atoms with Crippen molar-refractivity contribution in [2.75, 3.05) is 26.2 Å². The summed E-state index contributed by atoms with van der Waals surface area (Å²) < 4.78 is 2.18. The zero-order valence-corrected chi connectivity index (χ0v) is 18.4. The SMILES string of the molecule is CCN1CCN(Cc2nccn2CC)C[C@H](Cc2ccccc2-c2ccncc2)C1=O. The highest BCUT2D eigenvalue weighted by Crippen LogP contribution is 2.27. The molecule has 0 saturated carbocycles. The van der Waals surface area contributed by atoms with Gasteiger partial charge in [-0.25, -0.2) is 4.98 Å². The van der Waals surface area contributed by atoms with Crippen LogP contribution in [0.4, 0.5) is 0 Å². The molecule has 3 aromatic rings. The molecule has 0 unspecified atom stereocenters. The van der Waals surface area contributed by atoms with Crippen molar-refractivity contribution in [1.29, 1.82) is 0 Å². The molecule has 0 radical (unpaired) electrons. The van der Waals surface area contributed by atoms with E-state index in [1.807, 2.05) is 41.8 Å². The molecule has 4 rings (SSSR count). The Bertz CT molecular complexity index is 1000. The van der Waals surface area contributed by atoms with Crippen LogP contribution in [-0.4, -0.2) is 56.4 Å². The molecule has 1 fully saturated rings. The van der Waals surface area contributed by atoms with Gasteiger partial charge in [-0.2, -0.15) is 0 Å². The fraction of sp³-hybridized carbons (Fsp3) is 0.400. The fourth-order valence-electron chi connectivity index (χ4n) is 4.48. The number of hydrogen-bond donors (Lipinski definition) is 0. The third-order valence-corrected chi connectivity index (χ3v) is 6.19. The summed E-state index contributed by atoms with van der Waals surface area (Å²) in [5, 5.41) is 0. The van der Waals surface area contributed by atoms with E-state index in [1.54, 1.807) is 0 Å². The lowest BCUT2D eigenvalue weighted by atomic mass is 9.91. The molecule has 0 spiro atoms. The van der Waals surface area contributed by atoms with Crippen molar-refractivity contribution in [3.8, 4) is 11.1 Å². The molecule has 31 heavy (non-hydrogen) atoms. The van der Waals surface area contributed by atoms with Gasteiger partial charge in [0.05, 0.1) is 12.5 Å². The van der Waals surface area contributed by atoms with Crippen LogP contribution in [-0.2, 0) is 24.3 Å². The van der Waals surface area contributed by atoms with E-state index < -0.39 is 0 Å². The van der Waals surface area contributed by atoms with Crippen molar-refractivity contribution in [2.45, 2.75) is 33.4 Å². The Balaban J connectivity index is 1.59. The first-order chi connectivity index (χ1) is 15.2. The topological polar surface area (TPSA) is 54.3 Å². The Kier molecular flexibility index (Phi) is 6.77. The van der Waals surface area contributed by atoms with Crippen LogP contribution in [0.5, 0.6) is 0 Å². The van der Waals surface area contributed by atoms with Crippen molar-refractivity contribution in [2.24, 2.45) is 5.92 Å². The number of aromatic nitrogens is 3. The molecule has 1 aromatic carbocycles. The number of pyridine rings is 1. The summed E-state index contributed by atoms with van der Waals surface area (Å²) in [4.78, 5) is 26.5. The minimum atomic E-state index is -0.0736. The summed E-state index contributed by atoms with van der Waals surface area (Å²) in [6, 6.07) is 12.5. The number of nitrogens with zero attached hydrogens (tertiary/aromatic N) is 5. The first kappa shape index (κ1) is 21.2. The maximum absolute atomic E-state index is 13.4. The molecule has 1 atom stereocenters. The molecule has 162 valence electrons. The highest BCUT2D eigenvalue weighted by atomic mass is 16.2. The van der Waals surface area contributed by atoms with E-state index in [2.05, 4.69) is 57.5 Å². The number of carbonyl (C=O) groups excluding carboxylic acids is 1. The predicted octanol–water partition coefficient (Wildman–Crippen LogP) is 3.49. The average Bonchev–Trinajstić information content (AvgIpc) is 3.20. The van der Waals surface area contributed by atoms with Gasteiger partial charge in [0.25, 0.3) is 0 Å². The molecule has 6 heteroatoms. The van der Waals surface area contributed by atoms with E-state index in [0.29, 0.717) is 0 Å². The third-order valence-electron chi connectivity index (χ3n) is 6.19. The number of likely N-dealkylation sites (N-methyl/N-ethyl adjacent to an activating group) is 1. The van der Waals surface area contributed by atoms with Crippen LogP contribution in [0.1, 0.15) is 25.2 Å². The average molecular weight is 418 g/mol. The molecule has 0 N–H and O–H groups in total. The van der Waals surface area contributed by atoms with Gasteiger partial charge in [-0.15, -0.1) is 0 Å². The first-order valence-corrected chi connectivity index (χ1v) is 11.2. The Morgan fingerprint density at radius 3 is 2.58 bits per heavy atom. The fourth-order valence-corrected chi connectivity index (χ4v) is 4.48. The summed E-state index contributed by atoms with van der Waals surface area (Å²) in [6.45, 7) is 9.02. The second-order valence-corrected chi connectivity index (χ2v) is 8.08. The number of amides is 1. The smallest absolute Gasteiger partial charge is 0.227 e. The van der Waals surface area contributed by atoms with E-state index >= 15 is 0 Å². The molecule has 0 aliphatic carbocycles. The van der Waals surface area contributed by atoms with Gasteiger partial charge >= 0.3 is 0 Å². The number of benzene rings is 1. The van der Waals surface area contributed by atoms with E-state index in [0.717, 1.165) is 57.1 Å². The summed E-state index contributed by atoms with van der Waals surface area (Å²) in [5.41, 5.74) is 3.53. The first-order valence-electron chi connectivity index (χ1n) is 11.2. The summed E-state index contributed by atoms with van der Waals surface area (Å²) >= 11 is 0. The molecular weight excluding hydrogens is 386 g/mol. The van der Waals surface area contributed by atoms with Gasteiger partial charge < -0.3 is 9.47 Å². The van der Waals surface area contributed by atoms with Gasteiger partial charge in [0, 0.05) is 57.5 Å². The second kappa shape index (κ2) is 9.88. The Hall–Kier alpha value is -2.99. The number of aryl methyl sites for hydroxylation is 1. The van der Waals surface area contributed by atoms with Crippen LogP contribution in [0.15, 0.2) is 61.2 Å². The lowest BCUT2D eigenvalue weighted by Gasteiger charge is -2.24. The van der Waals surface area contributed by atoms with Crippen LogP contribution in [0.2, 0.25) is 0 Å². The van der Waals surface area contributed by atoms with Crippen molar-refractivity contribution < 1.29 is 4.79 Å². The quantitative estimate of drug-likeness (QED) is 0.591. The van der Waals surface area contributed by atoms with Crippen LogP contribution >= 0.6 is 0 Å². The largest absolute Gasteiger partial charge is 0.341 e. The number of carbonyl (C=O) groups is 1. The molecule has 0 bridgehead atoms. The van der Waals surface area contributed by atoms with E-state index in [1.165, 1.54) is 11.1 Å². The Labute approximate surface area is 184 Å².